The molecule has 0 spiro atoms. The molecule has 0 aliphatic rings. The van der Waals surface area contributed by atoms with E-state index in [1.807, 2.05) is 6.07 Å². The first-order valence-corrected chi connectivity index (χ1v) is 6.86. The highest BCUT2D eigenvalue weighted by atomic mass is 79.9. The summed E-state index contributed by atoms with van der Waals surface area (Å²) in [6.45, 7) is 0. The summed E-state index contributed by atoms with van der Waals surface area (Å²) in [7, 11) is 0. The van der Waals surface area contributed by atoms with E-state index in [2.05, 4.69) is 25.9 Å². The molecule has 0 amide bonds. The van der Waals surface area contributed by atoms with Crippen molar-refractivity contribution in [1.82, 2.24) is 14.5 Å². The van der Waals surface area contributed by atoms with Gasteiger partial charge in [0.05, 0.1) is 10.5 Å². The van der Waals surface area contributed by atoms with Gasteiger partial charge in [0, 0.05) is 10.7 Å². The van der Waals surface area contributed by atoms with Crippen LogP contribution in [0.25, 0.3) is 16.9 Å². The SMILES string of the molecule is Fc1cccc(Cl)c1-n1c(=S)[nH]c2cc(Br)cnc21. The van der Waals surface area contributed by atoms with Crippen molar-refractivity contribution in [3.63, 3.8) is 0 Å². The highest BCUT2D eigenvalue weighted by Crippen LogP contribution is 2.27. The Bertz CT molecular complexity index is 822. The Hall–Kier alpha value is -1.24. The fraction of sp³-hybridized carbons (Fsp3) is 0. The summed E-state index contributed by atoms with van der Waals surface area (Å²) in [6.07, 6.45) is 1.62. The van der Waals surface area contributed by atoms with Crippen LogP contribution in [0.3, 0.4) is 0 Å². The number of H-pyrrole nitrogens is 1. The maximum absolute atomic E-state index is 14.0. The van der Waals surface area contributed by atoms with Gasteiger partial charge < -0.3 is 4.98 Å². The maximum atomic E-state index is 14.0. The van der Waals surface area contributed by atoms with Gasteiger partial charge in [-0.25, -0.2) is 9.37 Å². The molecule has 0 aliphatic heterocycles. The van der Waals surface area contributed by atoms with E-state index in [1.165, 1.54) is 10.6 Å². The number of nitrogens with zero attached hydrogens (tertiary/aromatic N) is 2. The first kappa shape index (κ1) is 12.8. The number of pyridine rings is 1. The van der Waals surface area contributed by atoms with Crippen LogP contribution in [0.4, 0.5) is 4.39 Å². The third kappa shape index (κ3) is 2.09. The van der Waals surface area contributed by atoms with Crippen LogP contribution in [0.1, 0.15) is 0 Å². The van der Waals surface area contributed by atoms with Gasteiger partial charge in [-0.05, 0) is 46.3 Å². The predicted octanol–water partition coefficient (Wildman–Crippen LogP) is 4.64. The number of imidazole rings is 1. The second-order valence-electron chi connectivity index (χ2n) is 3.86. The average Bonchev–Trinajstić information content (AvgIpc) is 2.65. The lowest BCUT2D eigenvalue weighted by molar-refractivity contribution is 0.618. The van der Waals surface area contributed by atoms with Crippen molar-refractivity contribution < 1.29 is 4.39 Å². The van der Waals surface area contributed by atoms with E-state index < -0.39 is 5.82 Å². The molecule has 0 saturated carbocycles. The van der Waals surface area contributed by atoms with Gasteiger partial charge in [0.15, 0.2) is 10.4 Å². The zero-order valence-corrected chi connectivity index (χ0v) is 12.5. The Balaban J connectivity index is 2.43. The highest BCUT2D eigenvalue weighted by Gasteiger charge is 2.15. The monoisotopic (exact) mass is 357 g/mol. The van der Waals surface area contributed by atoms with Crippen LogP contribution in [-0.2, 0) is 0 Å². The average molecular weight is 359 g/mol. The van der Waals surface area contributed by atoms with Gasteiger partial charge in [-0.1, -0.05) is 17.7 Å². The van der Waals surface area contributed by atoms with Crippen LogP contribution < -0.4 is 0 Å². The molecule has 2 aromatic heterocycles. The summed E-state index contributed by atoms with van der Waals surface area (Å²) in [5.74, 6) is -0.450. The fourth-order valence-corrected chi connectivity index (χ4v) is 2.75. The topological polar surface area (TPSA) is 33.6 Å². The maximum Gasteiger partial charge on any atom is 0.184 e. The smallest absolute Gasteiger partial charge is 0.184 e. The molecular formula is C12H6BrClFN3S. The molecule has 0 atom stereocenters. The first-order valence-electron chi connectivity index (χ1n) is 5.28. The first-order chi connectivity index (χ1) is 9.08. The number of rotatable bonds is 1. The van der Waals surface area contributed by atoms with Crippen LogP contribution in [0, 0.1) is 10.6 Å². The normalized spacial score (nSPS) is 11.1. The number of benzene rings is 1. The number of aromatic nitrogens is 3. The van der Waals surface area contributed by atoms with E-state index in [0.29, 0.717) is 15.9 Å². The van der Waals surface area contributed by atoms with Crippen molar-refractivity contribution in [2.45, 2.75) is 0 Å². The van der Waals surface area contributed by atoms with Crippen molar-refractivity contribution in [2.24, 2.45) is 0 Å². The molecule has 96 valence electrons. The zero-order valence-electron chi connectivity index (χ0n) is 9.32. The molecule has 0 saturated heterocycles. The van der Waals surface area contributed by atoms with Crippen LogP contribution in [0.2, 0.25) is 5.02 Å². The largest absolute Gasteiger partial charge is 0.329 e. The van der Waals surface area contributed by atoms with Gasteiger partial charge >= 0.3 is 0 Å². The van der Waals surface area contributed by atoms with Gasteiger partial charge in [-0.3, -0.25) is 4.57 Å². The molecule has 0 fully saturated rings. The molecule has 3 rings (SSSR count). The van der Waals surface area contributed by atoms with Crippen LogP contribution in [-0.4, -0.2) is 14.5 Å². The number of halogens is 3. The number of aromatic amines is 1. The van der Waals surface area contributed by atoms with Crippen molar-refractivity contribution in [3.05, 3.63) is 50.5 Å². The number of para-hydroxylation sites is 1. The molecule has 19 heavy (non-hydrogen) atoms. The van der Waals surface area contributed by atoms with Gasteiger partial charge in [-0.2, -0.15) is 0 Å². The van der Waals surface area contributed by atoms with Crippen LogP contribution in [0.5, 0.6) is 0 Å². The van der Waals surface area contributed by atoms with E-state index in [-0.39, 0.29) is 10.7 Å². The quantitative estimate of drug-likeness (QED) is 0.643. The Morgan fingerprint density at radius 1 is 1.42 bits per heavy atom. The lowest BCUT2D eigenvalue weighted by atomic mass is 10.3. The van der Waals surface area contributed by atoms with Gasteiger partial charge in [0.25, 0.3) is 0 Å². The Labute approximate surface area is 126 Å². The van der Waals surface area contributed by atoms with Gasteiger partial charge in [0.2, 0.25) is 0 Å². The fourth-order valence-electron chi connectivity index (χ4n) is 1.88. The minimum Gasteiger partial charge on any atom is -0.329 e. The standard InChI is InChI=1S/C12H6BrClFN3S/c13-6-4-9-11(16-5-6)18(12(19)17-9)10-7(14)2-1-3-8(10)15/h1-5H,(H,17,19). The third-order valence-electron chi connectivity index (χ3n) is 2.65. The van der Waals surface area contributed by atoms with E-state index in [1.54, 1.807) is 18.3 Å². The second-order valence-corrected chi connectivity index (χ2v) is 5.57. The van der Waals surface area contributed by atoms with Gasteiger partial charge in [-0.15, -0.1) is 0 Å². The van der Waals surface area contributed by atoms with E-state index in [9.17, 15) is 4.39 Å². The second kappa shape index (κ2) is 4.70. The lowest BCUT2D eigenvalue weighted by Gasteiger charge is -2.07. The van der Waals surface area contributed by atoms with Crippen LogP contribution >= 0.6 is 39.7 Å². The summed E-state index contributed by atoms with van der Waals surface area (Å²) in [5.41, 5.74) is 1.44. The van der Waals surface area contributed by atoms with E-state index in [4.69, 9.17) is 23.8 Å². The predicted molar refractivity (Wildman–Crippen MR) is 78.9 cm³/mol. The Morgan fingerprint density at radius 3 is 2.95 bits per heavy atom. The van der Waals surface area contributed by atoms with E-state index >= 15 is 0 Å². The number of hydrogen-bond donors (Lipinski definition) is 1. The molecule has 7 heteroatoms. The number of fused-ring (bicyclic) bond motifs is 1. The molecular weight excluding hydrogens is 353 g/mol. The minimum absolute atomic E-state index is 0.204. The van der Waals surface area contributed by atoms with Crippen molar-refractivity contribution in [3.8, 4) is 5.69 Å². The Morgan fingerprint density at radius 2 is 2.21 bits per heavy atom. The summed E-state index contributed by atoms with van der Waals surface area (Å²) >= 11 is 14.6. The van der Waals surface area contributed by atoms with Crippen molar-refractivity contribution in [1.29, 1.82) is 0 Å². The number of nitrogens with one attached hydrogen (secondary N) is 1. The molecule has 0 unspecified atom stereocenters. The minimum atomic E-state index is -0.450. The van der Waals surface area contributed by atoms with Crippen molar-refractivity contribution in [2.75, 3.05) is 0 Å². The summed E-state index contributed by atoms with van der Waals surface area (Å²) in [4.78, 5) is 7.23. The summed E-state index contributed by atoms with van der Waals surface area (Å²) in [6, 6.07) is 6.31. The summed E-state index contributed by atoms with van der Waals surface area (Å²) in [5, 5.41) is 0.279. The Kier molecular flexibility index (Phi) is 3.16. The molecule has 3 nitrogen and oxygen atoms in total. The number of hydrogen-bond acceptors (Lipinski definition) is 2. The molecule has 0 bridgehead atoms. The molecule has 1 aromatic carbocycles. The third-order valence-corrected chi connectivity index (χ3v) is 3.67. The van der Waals surface area contributed by atoms with Crippen molar-refractivity contribution >= 4 is 50.9 Å². The summed E-state index contributed by atoms with van der Waals surface area (Å²) < 4.78 is 16.6. The lowest BCUT2D eigenvalue weighted by Crippen LogP contribution is -2.00. The molecule has 2 heterocycles. The van der Waals surface area contributed by atoms with Crippen LogP contribution in [0.15, 0.2) is 34.9 Å². The van der Waals surface area contributed by atoms with Gasteiger partial charge in [0.1, 0.15) is 11.5 Å². The zero-order chi connectivity index (χ0) is 13.6. The molecule has 3 aromatic rings. The van der Waals surface area contributed by atoms with E-state index in [0.717, 1.165) is 4.47 Å². The highest BCUT2D eigenvalue weighted by molar-refractivity contribution is 9.10. The molecule has 0 aliphatic carbocycles. The molecule has 1 N–H and O–H groups in total. The molecule has 0 radical (unpaired) electrons.